The lowest BCUT2D eigenvalue weighted by atomic mass is 10.0. The number of rotatable bonds is 8. The standard InChI is InChI=1S/C13H20N2O5/c1-2-9(7-13(19)20)8-14-10(16)5-6-15-11(17)3-4-12(15)18/h9H,2-8H2,1H3,(H,14,16)(H,19,20). The highest BCUT2D eigenvalue weighted by molar-refractivity contribution is 6.02. The average Bonchev–Trinajstić information content (AvgIpc) is 2.71. The van der Waals surface area contributed by atoms with Gasteiger partial charge in [-0.2, -0.15) is 0 Å². The van der Waals surface area contributed by atoms with E-state index >= 15 is 0 Å². The molecule has 0 aromatic heterocycles. The maximum Gasteiger partial charge on any atom is 0.303 e. The first-order valence-electron chi connectivity index (χ1n) is 6.75. The van der Waals surface area contributed by atoms with Gasteiger partial charge in [0.1, 0.15) is 0 Å². The number of carbonyl (C=O) groups is 4. The fourth-order valence-electron chi connectivity index (χ4n) is 2.04. The Kier molecular flexibility index (Phi) is 6.14. The van der Waals surface area contributed by atoms with Crippen LogP contribution in [0.15, 0.2) is 0 Å². The number of likely N-dealkylation sites (tertiary alicyclic amines) is 1. The van der Waals surface area contributed by atoms with Gasteiger partial charge in [0.15, 0.2) is 0 Å². The summed E-state index contributed by atoms with van der Waals surface area (Å²) >= 11 is 0. The lowest BCUT2D eigenvalue weighted by Gasteiger charge is -2.15. The minimum Gasteiger partial charge on any atom is -0.481 e. The number of nitrogens with zero attached hydrogens (tertiary/aromatic N) is 1. The van der Waals surface area contributed by atoms with Gasteiger partial charge >= 0.3 is 5.97 Å². The molecule has 0 spiro atoms. The Labute approximate surface area is 117 Å². The molecule has 1 heterocycles. The third-order valence-corrected chi connectivity index (χ3v) is 3.35. The molecular formula is C13H20N2O5. The van der Waals surface area contributed by atoms with Crippen LogP contribution in [0.5, 0.6) is 0 Å². The van der Waals surface area contributed by atoms with Crippen LogP contribution in [0.4, 0.5) is 0 Å². The van der Waals surface area contributed by atoms with Gasteiger partial charge in [-0.15, -0.1) is 0 Å². The van der Waals surface area contributed by atoms with Crippen molar-refractivity contribution >= 4 is 23.7 Å². The molecule has 3 amide bonds. The molecule has 0 aliphatic carbocycles. The van der Waals surface area contributed by atoms with Crippen molar-refractivity contribution < 1.29 is 24.3 Å². The maximum atomic E-state index is 11.6. The van der Waals surface area contributed by atoms with Crippen LogP contribution in [0.25, 0.3) is 0 Å². The Bertz CT molecular complexity index is 392. The monoisotopic (exact) mass is 284 g/mol. The zero-order valence-corrected chi connectivity index (χ0v) is 11.6. The van der Waals surface area contributed by atoms with Gasteiger partial charge in [0, 0.05) is 38.8 Å². The second kappa shape index (κ2) is 7.62. The minimum absolute atomic E-state index is 0.0138. The predicted molar refractivity (Wildman–Crippen MR) is 69.6 cm³/mol. The van der Waals surface area contributed by atoms with E-state index in [0.29, 0.717) is 13.0 Å². The zero-order chi connectivity index (χ0) is 15.1. The van der Waals surface area contributed by atoms with Crippen LogP contribution in [0, 0.1) is 5.92 Å². The number of aliphatic carboxylic acids is 1. The van der Waals surface area contributed by atoms with E-state index in [4.69, 9.17) is 5.11 Å². The van der Waals surface area contributed by atoms with Gasteiger partial charge in [0.05, 0.1) is 0 Å². The van der Waals surface area contributed by atoms with Gasteiger partial charge in [-0.25, -0.2) is 0 Å². The molecule has 1 rings (SSSR count). The summed E-state index contributed by atoms with van der Waals surface area (Å²) < 4.78 is 0. The fourth-order valence-corrected chi connectivity index (χ4v) is 2.04. The molecule has 7 nitrogen and oxygen atoms in total. The summed E-state index contributed by atoms with van der Waals surface area (Å²) in [6, 6.07) is 0. The van der Waals surface area contributed by atoms with Crippen molar-refractivity contribution in [2.24, 2.45) is 5.92 Å². The summed E-state index contributed by atoms with van der Waals surface area (Å²) in [4.78, 5) is 46.0. The van der Waals surface area contributed by atoms with Crippen LogP contribution >= 0.6 is 0 Å². The largest absolute Gasteiger partial charge is 0.481 e. The number of carboxylic acid groups (broad SMARTS) is 1. The summed E-state index contributed by atoms with van der Waals surface area (Å²) in [7, 11) is 0. The van der Waals surface area contributed by atoms with E-state index in [1.165, 1.54) is 0 Å². The molecule has 1 saturated heterocycles. The molecule has 1 aliphatic heterocycles. The van der Waals surface area contributed by atoms with Crippen LogP contribution in [0.1, 0.15) is 39.0 Å². The van der Waals surface area contributed by atoms with Crippen LogP contribution < -0.4 is 5.32 Å². The molecule has 0 saturated carbocycles. The van der Waals surface area contributed by atoms with Crippen molar-refractivity contribution in [2.75, 3.05) is 13.1 Å². The van der Waals surface area contributed by atoms with Crippen LogP contribution in [0.2, 0.25) is 0 Å². The van der Waals surface area contributed by atoms with Crippen molar-refractivity contribution in [3.8, 4) is 0 Å². The first kappa shape index (κ1) is 16.1. The van der Waals surface area contributed by atoms with E-state index in [-0.39, 0.29) is 55.9 Å². The molecule has 0 bridgehead atoms. The van der Waals surface area contributed by atoms with E-state index in [9.17, 15) is 19.2 Å². The van der Waals surface area contributed by atoms with Crippen LogP contribution in [0.3, 0.4) is 0 Å². The molecular weight excluding hydrogens is 264 g/mol. The van der Waals surface area contributed by atoms with Crippen molar-refractivity contribution in [1.82, 2.24) is 10.2 Å². The topological polar surface area (TPSA) is 104 Å². The van der Waals surface area contributed by atoms with E-state index in [1.807, 2.05) is 6.92 Å². The van der Waals surface area contributed by atoms with Crippen molar-refractivity contribution in [3.05, 3.63) is 0 Å². The lowest BCUT2D eigenvalue weighted by molar-refractivity contribution is -0.140. The number of hydrogen-bond donors (Lipinski definition) is 2. The summed E-state index contributed by atoms with van der Waals surface area (Å²) in [5.41, 5.74) is 0. The van der Waals surface area contributed by atoms with Gasteiger partial charge in [0.2, 0.25) is 17.7 Å². The van der Waals surface area contributed by atoms with Gasteiger partial charge in [-0.05, 0) is 5.92 Å². The second-order valence-corrected chi connectivity index (χ2v) is 4.87. The van der Waals surface area contributed by atoms with Crippen molar-refractivity contribution in [3.63, 3.8) is 0 Å². The van der Waals surface area contributed by atoms with Crippen molar-refractivity contribution in [1.29, 1.82) is 0 Å². The Hall–Kier alpha value is -1.92. The minimum atomic E-state index is -0.889. The number of carboxylic acids is 1. The Balaban J connectivity index is 2.28. The zero-order valence-electron chi connectivity index (χ0n) is 11.6. The maximum absolute atomic E-state index is 11.6. The van der Waals surface area contributed by atoms with Gasteiger partial charge in [-0.3, -0.25) is 24.1 Å². The SMILES string of the molecule is CCC(CNC(=O)CCN1C(=O)CCC1=O)CC(=O)O. The Morgan fingerprint density at radius 2 is 1.90 bits per heavy atom. The molecule has 112 valence electrons. The number of amides is 3. The number of carbonyl (C=O) groups excluding carboxylic acids is 3. The third-order valence-electron chi connectivity index (χ3n) is 3.35. The van der Waals surface area contributed by atoms with Gasteiger partial charge in [0.25, 0.3) is 0 Å². The molecule has 0 aromatic carbocycles. The molecule has 0 radical (unpaired) electrons. The summed E-state index contributed by atoms with van der Waals surface area (Å²) in [5.74, 6) is -1.74. The highest BCUT2D eigenvalue weighted by Gasteiger charge is 2.28. The molecule has 0 aromatic rings. The summed E-state index contributed by atoms with van der Waals surface area (Å²) in [6.07, 6.45) is 1.17. The predicted octanol–water partition coefficient (Wildman–Crippen LogP) is 0.143. The molecule has 2 N–H and O–H groups in total. The molecule has 1 aliphatic rings. The normalized spacial score (nSPS) is 16.4. The smallest absolute Gasteiger partial charge is 0.303 e. The summed E-state index contributed by atoms with van der Waals surface area (Å²) in [6.45, 7) is 2.25. The van der Waals surface area contributed by atoms with E-state index in [2.05, 4.69) is 5.32 Å². The molecule has 1 fully saturated rings. The first-order chi connectivity index (χ1) is 9.43. The summed E-state index contributed by atoms with van der Waals surface area (Å²) in [5, 5.41) is 11.3. The highest BCUT2D eigenvalue weighted by atomic mass is 16.4. The van der Waals surface area contributed by atoms with E-state index in [1.54, 1.807) is 0 Å². The third kappa shape index (κ3) is 4.99. The molecule has 1 atom stereocenters. The molecule has 7 heteroatoms. The van der Waals surface area contributed by atoms with Crippen molar-refractivity contribution in [2.45, 2.75) is 39.0 Å². The number of nitrogens with one attached hydrogen (secondary N) is 1. The van der Waals surface area contributed by atoms with E-state index < -0.39 is 5.97 Å². The quantitative estimate of drug-likeness (QED) is 0.617. The highest BCUT2D eigenvalue weighted by Crippen LogP contribution is 2.12. The number of imide groups is 1. The Morgan fingerprint density at radius 1 is 1.30 bits per heavy atom. The lowest BCUT2D eigenvalue weighted by Crippen LogP contribution is -2.35. The van der Waals surface area contributed by atoms with Crippen LogP contribution in [-0.2, 0) is 19.2 Å². The molecule has 20 heavy (non-hydrogen) atoms. The fraction of sp³-hybridized carbons (Fsp3) is 0.692. The second-order valence-electron chi connectivity index (χ2n) is 4.87. The Morgan fingerprint density at radius 3 is 2.40 bits per heavy atom. The van der Waals surface area contributed by atoms with Gasteiger partial charge in [-0.1, -0.05) is 13.3 Å². The average molecular weight is 284 g/mol. The number of hydrogen-bond acceptors (Lipinski definition) is 4. The first-order valence-corrected chi connectivity index (χ1v) is 6.75. The van der Waals surface area contributed by atoms with E-state index in [0.717, 1.165) is 4.90 Å². The van der Waals surface area contributed by atoms with Gasteiger partial charge < -0.3 is 10.4 Å². The van der Waals surface area contributed by atoms with Crippen LogP contribution in [-0.4, -0.2) is 46.8 Å². The molecule has 1 unspecified atom stereocenters.